The van der Waals surface area contributed by atoms with Gasteiger partial charge in [-0.05, 0) is 35.7 Å². The summed E-state index contributed by atoms with van der Waals surface area (Å²) >= 11 is 1.02. The molecule has 0 bridgehead atoms. The molecule has 1 aliphatic rings. The number of para-hydroxylation sites is 1. The number of H-pyrrole nitrogens is 1. The molecule has 0 spiro atoms. The molecule has 2 N–H and O–H groups in total. The Morgan fingerprint density at radius 1 is 1.04 bits per heavy atom. The summed E-state index contributed by atoms with van der Waals surface area (Å²) in [4.78, 5) is 28.4. The van der Waals surface area contributed by atoms with Gasteiger partial charge in [0.25, 0.3) is 0 Å². The van der Waals surface area contributed by atoms with Gasteiger partial charge in [0, 0.05) is 18.5 Å². The van der Waals surface area contributed by atoms with Crippen LogP contribution in [0, 0.1) is 0 Å². The number of anilines is 2. The highest BCUT2D eigenvalue weighted by Crippen LogP contribution is 2.37. The number of aromatic amines is 1. The van der Waals surface area contributed by atoms with Gasteiger partial charge in [0.15, 0.2) is 0 Å². The van der Waals surface area contributed by atoms with Crippen molar-refractivity contribution in [2.45, 2.75) is 19.3 Å². The topological polar surface area (TPSA) is 73.4 Å². The zero-order valence-electron chi connectivity index (χ0n) is 13.4. The summed E-state index contributed by atoms with van der Waals surface area (Å²) in [6.45, 7) is 0. The van der Waals surface area contributed by atoms with E-state index in [-0.39, 0.29) is 16.7 Å². The molecule has 1 aromatic heterocycles. The average molecular weight is 352 g/mol. The number of hydrogen-bond acceptors (Lipinski definition) is 4. The maximum atomic E-state index is 12.5. The maximum absolute atomic E-state index is 12.5. The fourth-order valence-electron chi connectivity index (χ4n) is 3.27. The van der Waals surface area contributed by atoms with Crippen LogP contribution in [-0.4, -0.2) is 16.0 Å². The number of fused-ring (bicyclic) bond motifs is 1. The van der Waals surface area contributed by atoms with E-state index >= 15 is 0 Å². The molecule has 0 atom stereocenters. The molecule has 4 rings (SSSR count). The highest BCUT2D eigenvalue weighted by atomic mass is 32.1. The molecule has 0 fully saturated rings. The Balaban J connectivity index is 1.78. The largest absolute Gasteiger partial charge is 0.494 e. The Hall–Kier alpha value is -2.86. The van der Waals surface area contributed by atoms with Crippen LogP contribution in [0.15, 0.2) is 53.3 Å². The number of carbonyl (C=O) groups is 1. The summed E-state index contributed by atoms with van der Waals surface area (Å²) in [5.74, 6) is 0.00408. The normalized spacial score (nSPS) is 13.8. The lowest BCUT2D eigenvalue weighted by molar-refractivity contribution is -0.118. The lowest BCUT2D eigenvalue weighted by atomic mass is 9.93. The second kappa shape index (κ2) is 6.22. The van der Waals surface area contributed by atoms with E-state index in [1.807, 2.05) is 48.5 Å². The summed E-state index contributed by atoms with van der Waals surface area (Å²) in [5, 5.41) is 9.86. The molecule has 1 amide bonds. The number of thiazole rings is 1. The Kier molecular flexibility index (Phi) is 3.89. The van der Waals surface area contributed by atoms with Crippen molar-refractivity contribution < 1.29 is 9.90 Å². The highest BCUT2D eigenvalue weighted by molar-refractivity contribution is 7.09. The third kappa shape index (κ3) is 2.85. The molecule has 2 aromatic carbocycles. The Morgan fingerprint density at radius 3 is 2.56 bits per heavy atom. The van der Waals surface area contributed by atoms with Gasteiger partial charge in [-0.15, -0.1) is 0 Å². The van der Waals surface area contributed by atoms with Crippen LogP contribution >= 0.6 is 11.3 Å². The molecule has 0 saturated heterocycles. The molecule has 6 heteroatoms. The minimum absolute atomic E-state index is 0.0700. The molecule has 3 aromatic rings. The predicted molar refractivity (Wildman–Crippen MR) is 97.8 cm³/mol. The number of carbonyl (C=O) groups excluding carboxylic acids is 1. The first-order valence-electron chi connectivity index (χ1n) is 8.03. The van der Waals surface area contributed by atoms with E-state index < -0.39 is 0 Å². The number of hydrogen-bond donors (Lipinski definition) is 2. The summed E-state index contributed by atoms with van der Waals surface area (Å²) in [7, 11) is 0. The number of nitrogens with zero attached hydrogens (tertiary/aromatic N) is 1. The maximum Gasteiger partial charge on any atom is 0.307 e. The van der Waals surface area contributed by atoms with Crippen molar-refractivity contribution in [1.82, 2.24) is 4.98 Å². The summed E-state index contributed by atoms with van der Waals surface area (Å²) in [6, 6.07) is 15.4. The standard InChI is InChI=1S/C19H16N2O3S/c22-17-10-9-14-12(11-16-18(23)20-19(24)25-16)5-4-8-15(14)21(17)13-6-2-1-3-7-13/h1-8,23H,9-11H2,(H,20,24). The van der Waals surface area contributed by atoms with Crippen LogP contribution in [0.3, 0.4) is 0 Å². The molecule has 25 heavy (non-hydrogen) atoms. The Morgan fingerprint density at radius 2 is 1.84 bits per heavy atom. The zero-order valence-corrected chi connectivity index (χ0v) is 14.2. The van der Waals surface area contributed by atoms with Gasteiger partial charge in [-0.25, -0.2) is 0 Å². The Labute approximate surface area is 148 Å². The van der Waals surface area contributed by atoms with Crippen molar-refractivity contribution in [3.05, 3.63) is 74.2 Å². The van der Waals surface area contributed by atoms with Gasteiger partial charge in [0.1, 0.15) is 0 Å². The van der Waals surface area contributed by atoms with E-state index in [1.54, 1.807) is 4.90 Å². The van der Waals surface area contributed by atoms with Gasteiger partial charge < -0.3 is 5.11 Å². The fraction of sp³-hybridized carbons (Fsp3) is 0.158. The number of benzene rings is 2. The predicted octanol–water partition coefficient (Wildman–Crippen LogP) is 3.34. The van der Waals surface area contributed by atoms with Crippen LogP contribution in [-0.2, 0) is 17.6 Å². The number of aromatic hydroxyl groups is 1. The van der Waals surface area contributed by atoms with Crippen molar-refractivity contribution >= 4 is 28.6 Å². The lowest BCUT2D eigenvalue weighted by Crippen LogP contribution is -2.31. The van der Waals surface area contributed by atoms with Gasteiger partial charge in [0.05, 0.1) is 10.6 Å². The lowest BCUT2D eigenvalue weighted by Gasteiger charge is -2.31. The minimum atomic E-state index is -0.265. The van der Waals surface area contributed by atoms with Gasteiger partial charge in [-0.1, -0.05) is 41.7 Å². The summed E-state index contributed by atoms with van der Waals surface area (Å²) in [5.41, 5.74) is 3.84. The SMILES string of the molecule is O=C1CCc2c(Cc3sc(=O)[nH]c3O)cccc2N1c1ccccc1. The minimum Gasteiger partial charge on any atom is -0.494 e. The monoisotopic (exact) mass is 352 g/mol. The average Bonchev–Trinajstić information content (AvgIpc) is 2.93. The smallest absolute Gasteiger partial charge is 0.307 e. The van der Waals surface area contributed by atoms with Crippen molar-refractivity contribution in [3.8, 4) is 5.88 Å². The van der Waals surface area contributed by atoms with Gasteiger partial charge in [0.2, 0.25) is 11.8 Å². The first kappa shape index (κ1) is 15.7. The quantitative estimate of drug-likeness (QED) is 0.759. The third-order valence-corrected chi connectivity index (χ3v) is 5.26. The van der Waals surface area contributed by atoms with E-state index in [0.717, 1.165) is 33.8 Å². The van der Waals surface area contributed by atoms with Crippen LogP contribution < -0.4 is 9.77 Å². The molecule has 1 aliphatic heterocycles. The molecular formula is C19H16N2O3S. The van der Waals surface area contributed by atoms with Crippen molar-refractivity contribution in [2.24, 2.45) is 0 Å². The van der Waals surface area contributed by atoms with E-state index in [4.69, 9.17) is 0 Å². The molecule has 126 valence electrons. The van der Waals surface area contributed by atoms with Crippen LogP contribution in [0.2, 0.25) is 0 Å². The summed E-state index contributed by atoms with van der Waals surface area (Å²) in [6.07, 6.45) is 1.57. The van der Waals surface area contributed by atoms with Crippen molar-refractivity contribution in [2.75, 3.05) is 4.90 Å². The van der Waals surface area contributed by atoms with E-state index in [0.29, 0.717) is 24.1 Å². The summed E-state index contributed by atoms with van der Waals surface area (Å²) < 4.78 is 0. The third-order valence-electron chi connectivity index (χ3n) is 4.39. The van der Waals surface area contributed by atoms with E-state index in [2.05, 4.69) is 4.98 Å². The molecule has 0 saturated carbocycles. The van der Waals surface area contributed by atoms with Crippen molar-refractivity contribution in [1.29, 1.82) is 0 Å². The highest BCUT2D eigenvalue weighted by Gasteiger charge is 2.27. The number of amides is 1. The number of aromatic nitrogens is 1. The fourth-order valence-corrected chi connectivity index (χ4v) is 4.01. The molecule has 0 unspecified atom stereocenters. The second-order valence-corrected chi connectivity index (χ2v) is 7.01. The van der Waals surface area contributed by atoms with Crippen LogP contribution in [0.1, 0.15) is 22.4 Å². The van der Waals surface area contributed by atoms with Gasteiger partial charge in [-0.3, -0.25) is 19.5 Å². The van der Waals surface area contributed by atoms with Crippen LogP contribution in [0.5, 0.6) is 5.88 Å². The number of rotatable bonds is 3. The van der Waals surface area contributed by atoms with E-state index in [1.165, 1.54) is 0 Å². The zero-order chi connectivity index (χ0) is 17.4. The van der Waals surface area contributed by atoms with Crippen LogP contribution in [0.25, 0.3) is 0 Å². The number of nitrogens with one attached hydrogen (secondary N) is 1. The van der Waals surface area contributed by atoms with Crippen molar-refractivity contribution in [3.63, 3.8) is 0 Å². The molecule has 0 aliphatic carbocycles. The molecule has 5 nitrogen and oxygen atoms in total. The molecular weight excluding hydrogens is 336 g/mol. The van der Waals surface area contributed by atoms with Gasteiger partial charge in [-0.2, -0.15) is 0 Å². The van der Waals surface area contributed by atoms with Gasteiger partial charge >= 0.3 is 4.87 Å². The van der Waals surface area contributed by atoms with E-state index in [9.17, 15) is 14.7 Å². The molecule has 0 radical (unpaired) electrons. The second-order valence-electron chi connectivity index (χ2n) is 5.94. The Bertz CT molecular complexity index is 991. The first-order valence-corrected chi connectivity index (χ1v) is 8.85. The first-order chi connectivity index (χ1) is 12.1. The molecule has 2 heterocycles. The van der Waals surface area contributed by atoms with Crippen LogP contribution in [0.4, 0.5) is 11.4 Å².